The highest BCUT2D eigenvalue weighted by Gasteiger charge is 2.10. The number of ether oxygens (including phenoxy) is 2. The molecule has 0 N–H and O–H groups in total. The zero-order chi connectivity index (χ0) is 17.1. The summed E-state index contributed by atoms with van der Waals surface area (Å²) in [5.74, 6) is 2.26. The standard InChI is InChI=1S/C21H15BO2S/c22-21-20(18-8-4-5-9-19(18)25-21)24-17-12-10-16(11-13-17)23-14-15-6-2-1-3-7-15/h1-13H,14H2. The number of hydrogen-bond acceptors (Lipinski definition) is 3. The minimum absolute atomic E-state index is 0.545. The van der Waals surface area contributed by atoms with Crippen LogP contribution in [0.25, 0.3) is 10.1 Å². The highest BCUT2D eigenvalue weighted by Crippen LogP contribution is 2.33. The number of benzene rings is 3. The minimum atomic E-state index is 0.545. The predicted molar refractivity (Wildman–Crippen MR) is 105 cm³/mol. The van der Waals surface area contributed by atoms with Gasteiger partial charge in [0.25, 0.3) is 0 Å². The zero-order valence-electron chi connectivity index (χ0n) is 13.5. The van der Waals surface area contributed by atoms with Gasteiger partial charge in [-0.15, -0.1) is 11.3 Å². The second-order valence-electron chi connectivity index (χ2n) is 5.64. The van der Waals surface area contributed by atoms with E-state index in [9.17, 15) is 0 Å². The molecule has 2 radical (unpaired) electrons. The minimum Gasteiger partial charge on any atom is -0.489 e. The molecule has 25 heavy (non-hydrogen) atoms. The Morgan fingerprint density at radius 3 is 2.24 bits per heavy atom. The molecule has 0 saturated carbocycles. The van der Waals surface area contributed by atoms with E-state index >= 15 is 0 Å². The summed E-state index contributed by atoms with van der Waals surface area (Å²) in [6, 6.07) is 25.8. The SMILES string of the molecule is [B]c1sc2ccccc2c1Oc1ccc(OCc2ccccc2)cc1. The van der Waals surface area contributed by atoms with Crippen molar-refractivity contribution in [2.75, 3.05) is 0 Å². The van der Waals surface area contributed by atoms with E-state index in [0.29, 0.717) is 11.4 Å². The van der Waals surface area contributed by atoms with Crippen molar-refractivity contribution in [2.45, 2.75) is 6.61 Å². The van der Waals surface area contributed by atoms with Crippen LogP contribution in [0.3, 0.4) is 0 Å². The van der Waals surface area contributed by atoms with Crippen LogP contribution in [0, 0.1) is 0 Å². The summed E-state index contributed by atoms with van der Waals surface area (Å²) < 4.78 is 13.6. The van der Waals surface area contributed by atoms with Gasteiger partial charge in [0, 0.05) is 10.1 Å². The molecule has 0 aliphatic carbocycles. The van der Waals surface area contributed by atoms with E-state index < -0.39 is 0 Å². The van der Waals surface area contributed by atoms with Gasteiger partial charge in [0.2, 0.25) is 0 Å². The Labute approximate surface area is 152 Å². The fraction of sp³-hybridized carbons (Fsp3) is 0.0476. The first kappa shape index (κ1) is 15.8. The fourth-order valence-electron chi connectivity index (χ4n) is 2.61. The second-order valence-corrected chi connectivity index (χ2v) is 6.72. The first-order valence-corrected chi connectivity index (χ1v) is 8.83. The maximum Gasteiger partial charge on any atom is 0.138 e. The Balaban J connectivity index is 1.47. The van der Waals surface area contributed by atoms with Crippen molar-refractivity contribution in [3.63, 3.8) is 0 Å². The van der Waals surface area contributed by atoms with Gasteiger partial charge < -0.3 is 9.47 Å². The van der Waals surface area contributed by atoms with Crippen molar-refractivity contribution < 1.29 is 9.47 Å². The molecule has 4 heteroatoms. The molecule has 0 spiro atoms. The van der Waals surface area contributed by atoms with E-state index in [4.69, 9.17) is 17.3 Å². The van der Waals surface area contributed by atoms with Crippen LogP contribution in [0.4, 0.5) is 0 Å². The Kier molecular flexibility index (Phi) is 4.44. The maximum absolute atomic E-state index is 6.11. The molecule has 0 fully saturated rings. The lowest BCUT2D eigenvalue weighted by Gasteiger charge is -2.09. The van der Waals surface area contributed by atoms with Crippen LogP contribution in [0.1, 0.15) is 5.56 Å². The Hall–Kier alpha value is -2.72. The number of thiophene rings is 1. The summed E-state index contributed by atoms with van der Waals surface area (Å²) >= 11 is 1.53. The van der Waals surface area contributed by atoms with Gasteiger partial charge in [-0.1, -0.05) is 42.5 Å². The molecule has 0 bridgehead atoms. The molecule has 1 aromatic heterocycles. The summed E-state index contributed by atoms with van der Waals surface area (Å²) in [5.41, 5.74) is 1.14. The van der Waals surface area contributed by atoms with E-state index in [1.165, 1.54) is 11.3 Å². The van der Waals surface area contributed by atoms with Gasteiger partial charge in [-0.05, 0) is 46.7 Å². The highest BCUT2D eigenvalue weighted by molar-refractivity contribution is 7.26. The average molecular weight is 342 g/mol. The molecule has 4 rings (SSSR count). The van der Waals surface area contributed by atoms with Crippen LogP contribution in [-0.2, 0) is 6.61 Å². The number of hydrogen-bond donors (Lipinski definition) is 0. The van der Waals surface area contributed by atoms with Gasteiger partial charge in [0.05, 0.1) is 0 Å². The van der Waals surface area contributed by atoms with E-state index in [-0.39, 0.29) is 0 Å². The third-order valence-corrected chi connectivity index (χ3v) is 4.85. The molecular formula is C21H15BO2S. The zero-order valence-corrected chi connectivity index (χ0v) is 14.3. The number of fused-ring (bicyclic) bond motifs is 1. The maximum atomic E-state index is 6.11. The first-order chi connectivity index (χ1) is 12.3. The van der Waals surface area contributed by atoms with Gasteiger partial charge in [0.15, 0.2) is 0 Å². The monoisotopic (exact) mass is 342 g/mol. The third-order valence-electron chi connectivity index (χ3n) is 3.87. The van der Waals surface area contributed by atoms with Crippen molar-refractivity contribution in [1.82, 2.24) is 0 Å². The molecule has 0 atom stereocenters. The topological polar surface area (TPSA) is 18.5 Å². The van der Waals surface area contributed by atoms with Crippen molar-refractivity contribution >= 4 is 34.0 Å². The lowest BCUT2D eigenvalue weighted by atomic mass is 10.1. The normalized spacial score (nSPS) is 10.7. The third kappa shape index (κ3) is 3.54. The van der Waals surface area contributed by atoms with Crippen molar-refractivity contribution in [3.05, 3.63) is 84.4 Å². The molecule has 0 aliphatic rings. The van der Waals surface area contributed by atoms with Crippen molar-refractivity contribution in [1.29, 1.82) is 0 Å². The largest absolute Gasteiger partial charge is 0.489 e. The van der Waals surface area contributed by atoms with Gasteiger partial charge in [-0.2, -0.15) is 0 Å². The van der Waals surface area contributed by atoms with Crippen molar-refractivity contribution in [2.24, 2.45) is 0 Å². The summed E-state index contributed by atoms with van der Waals surface area (Å²) in [6.45, 7) is 0.545. The summed E-state index contributed by atoms with van der Waals surface area (Å²) in [6.07, 6.45) is 0. The molecule has 0 unspecified atom stereocenters. The Bertz CT molecular complexity index is 978. The quantitative estimate of drug-likeness (QED) is 0.472. The molecule has 0 saturated heterocycles. The lowest BCUT2D eigenvalue weighted by molar-refractivity contribution is 0.306. The molecule has 3 aromatic carbocycles. The first-order valence-electron chi connectivity index (χ1n) is 8.01. The number of rotatable bonds is 5. The summed E-state index contributed by atoms with van der Waals surface area (Å²) in [4.78, 5) is 0. The van der Waals surface area contributed by atoms with E-state index in [2.05, 4.69) is 0 Å². The molecule has 1 heterocycles. The van der Waals surface area contributed by atoms with Crippen LogP contribution in [0.2, 0.25) is 0 Å². The molecule has 120 valence electrons. The van der Waals surface area contributed by atoms with Gasteiger partial charge >= 0.3 is 0 Å². The van der Waals surface area contributed by atoms with Gasteiger partial charge in [-0.3, -0.25) is 0 Å². The van der Waals surface area contributed by atoms with E-state index in [0.717, 1.165) is 32.9 Å². The van der Waals surface area contributed by atoms with Gasteiger partial charge in [-0.25, -0.2) is 0 Å². The average Bonchev–Trinajstić information content (AvgIpc) is 2.97. The lowest BCUT2D eigenvalue weighted by Crippen LogP contribution is -1.99. The summed E-state index contributed by atoms with van der Waals surface area (Å²) in [7, 11) is 6.11. The van der Waals surface area contributed by atoms with Crippen LogP contribution < -0.4 is 14.3 Å². The molecule has 0 amide bonds. The molecule has 0 aliphatic heterocycles. The Morgan fingerprint density at radius 1 is 0.760 bits per heavy atom. The molecule has 4 aromatic rings. The van der Waals surface area contributed by atoms with Gasteiger partial charge in [0.1, 0.15) is 31.7 Å². The van der Waals surface area contributed by atoms with E-state index in [1.807, 2.05) is 78.9 Å². The smallest absolute Gasteiger partial charge is 0.138 e. The Morgan fingerprint density at radius 2 is 1.44 bits per heavy atom. The van der Waals surface area contributed by atoms with Crippen molar-refractivity contribution in [3.8, 4) is 17.2 Å². The van der Waals surface area contributed by atoms with E-state index in [1.54, 1.807) is 0 Å². The van der Waals surface area contributed by atoms with Crippen LogP contribution in [0.5, 0.6) is 17.2 Å². The van der Waals surface area contributed by atoms with Crippen LogP contribution in [-0.4, -0.2) is 7.85 Å². The summed E-state index contributed by atoms with van der Waals surface area (Å²) in [5, 5.41) is 1.04. The second kappa shape index (κ2) is 7.03. The molecular weight excluding hydrogens is 327 g/mol. The molecule has 2 nitrogen and oxygen atoms in total. The van der Waals surface area contributed by atoms with Crippen LogP contribution >= 0.6 is 11.3 Å². The fourth-order valence-corrected chi connectivity index (χ4v) is 3.51. The van der Waals surface area contributed by atoms with Crippen LogP contribution in [0.15, 0.2) is 78.9 Å². The highest BCUT2D eigenvalue weighted by atomic mass is 32.1. The predicted octanol–water partition coefficient (Wildman–Crippen LogP) is 5.07.